The van der Waals surface area contributed by atoms with E-state index in [2.05, 4.69) is 35.6 Å². The molecule has 3 aromatic heterocycles. The molecule has 3 aliphatic rings. The second-order valence-corrected chi connectivity index (χ2v) is 11.8. The summed E-state index contributed by atoms with van der Waals surface area (Å²) in [6.45, 7) is 2.18. The van der Waals surface area contributed by atoms with Crippen LogP contribution in [0.25, 0.3) is 11.5 Å². The number of carbonyl (C=O) groups is 1. The lowest BCUT2D eigenvalue weighted by Gasteiger charge is -2.42. The summed E-state index contributed by atoms with van der Waals surface area (Å²) < 4.78 is 39.4. The number of alkyl halides is 3. The van der Waals surface area contributed by atoms with Gasteiger partial charge in [-0.1, -0.05) is 6.07 Å². The number of nitrogens with zero attached hydrogens (tertiary/aromatic N) is 6. The largest absolute Gasteiger partial charge is 0.433 e. The number of Topliss-reactive ketones (excluding diaryl/α,β-unsaturated/α-hetero) is 1. The van der Waals surface area contributed by atoms with E-state index >= 15 is 0 Å². The van der Waals surface area contributed by atoms with E-state index in [1.54, 1.807) is 29.6 Å². The van der Waals surface area contributed by atoms with Crippen molar-refractivity contribution in [1.29, 1.82) is 0 Å². The number of piperidine rings is 1. The topological polar surface area (TPSA) is 129 Å². The van der Waals surface area contributed by atoms with Crippen LogP contribution < -0.4 is 15.5 Å². The maximum Gasteiger partial charge on any atom is 0.433 e. The molecule has 5 heterocycles. The first-order valence-corrected chi connectivity index (χ1v) is 14.8. The molecule has 43 heavy (non-hydrogen) atoms. The van der Waals surface area contributed by atoms with E-state index in [1.807, 2.05) is 12.1 Å². The van der Waals surface area contributed by atoms with Crippen LogP contribution in [0.4, 0.5) is 19.0 Å². The molecule has 1 atom stereocenters. The molecular formula is C30H35F3N8O2. The number of carbonyl (C=O) groups excluding carboxylic acids is 1. The van der Waals surface area contributed by atoms with Gasteiger partial charge < -0.3 is 20.6 Å². The van der Waals surface area contributed by atoms with Gasteiger partial charge in [0.05, 0.1) is 11.1 Å². The first kappa shape index (κ1) is 29.5. The lowest BCUT2D eigenvalue weighted by molar-refractivity contribution is -0.141. The quantitative estimate of drug-likeness (QED) is 0.374. The molecule has 13 heteroatoms. The Balaban J connectivity index is 1.06. The standard InChI is InChI=1S/C30H35F3N8O2/c31-30(32,33)24-16-25(39-19-38-24)41-14-6-20(7-15-41)26(42)28(10-13-34-18-28)40-22-4-8-29(43,9-5-22)21-2-3-23(37-17-21)27-35-11-1-12-36-27/h1-3,11-12,16-17,19-20,22,34,40,43H,4-10,13-15,18H2/t22?,28-,29?/m0/s1. The van der Waals surface area contributed by atoms with E-state index in [-0.39, 0.29) is 23.6 Å². The number of rotatable bonds is 7. The Hall–Kier alpha value is -3.55. The summed E-state index contributed by atoms with van der Waals surface area (Å²) in [5.74, 6) is 0.742. The first-order valence-electron chi connectivity index (χ1n) is 14.8. The zero-order valence-electron chi connectivity index (χ0n) is 23.7. The fraction of sp³-hybridized carbons (Fsp3) is 0.533. The normalized spacial score (nSPS) is 26.9. The minimum Gasteiger partial charge on any atom is -0.385 e. The molecule has 0 bridgehead atoms. The molecule has 6 rings (SSSR count). The highest BCUT2D eigenvalue weighted by Gasteiger charge is 2.47. The van der Waals surface area contributed by atoms with Crippen LogP contribution in [0.1, 0.15) is 56.2 Å². The van der Waals surface area contributed by atoms with Crippen molar-refractivity contribution in [1.82, 2.24) is 35.6 Å². The van der Waals surface area contributed by atoms with Gasteiger partial charge in [0.2, 0.25) is 0 Å². The zero-order valence-corrected chi connectivity index (χ0v) is 23.7. The highest BCUT2D eigenvalue weighted by atomic mass is 19.4. The molecule has 3 aromatic rings. The van der Waals surface area contributed by atoms with Gasteiger partial charge in [-0.3, -0.25) is 9.78 Å². The van der Waals surface area contributed by atoms with E-state index in [4.69, 9.17) is 0 Å². The van der Waals surface area contributed by atoms with Crippen molar-refractivity contribution < 1.29 is 23.1 Å². The number of aliphatic hydroxyl groups is 1. The molecule has 3 N–H and O–H groups in total. The molecule has 3 fully saturated rings. The predicted octanol–water partition coefficient (Wildman–Crippen LogP) is 3.29. The van der Waals surface area contributed by atoms with Crippen molar-refractivity contribution in [2.75, 3.05) is 31.1 Å². The van der Waals surface area contributed by atoms with Crippen LogP contribution in [0.3, 0.4) is 0 Å². The number of aromatic nitrogens is 5. The molecule has 2 aliphatic heterocycles. The smallest absolute Gasteiger partial charge is 0.385 e. The summed E-state index contributed by atoms with van der Waals surface area (Å²) in [6.07, 6.45) is 5.72. The van der Waals surface area contributed by atoms with Crippen LogP contribution in [0.5, 0.6) is 0 Å². The maximum absolute atomic E-state index is 14.0. The Morgan fingerprint density at radius 1 is 1.00 bits per heavy atom. The number of anilines is 1. The number of nitrogens with one attached hydrogen (secondary N) is 2. The molecule has 228 valence electrons. The fourth-order valence-corrected chi connectivity index (χ4v) is 6.68. The molecule has 0 radical (unpaired) electrons. The van der Waals surface area contributed by atoms with Gasteiger partial charge in [-0.2, -0.15) is 13.2 Å². The molecule has 0 amide bonds. The zero-order chi connectivity index (χ0) is 30.1. The molecule has 1 aliphatic carbocycles. The Labute approximate surface area is 247 Å². The predicted molar refractivity (Wildman–Crippen MR) is 152 cm³/mol. The van der Waals surface area contributed by atoms with Gasteiger partial charge in [-0.25, -0.2) is 19.9 Å². The summed E-state index contributed by atoms with van der Waals surface area (Å²) in [4.78, 5) is 36.1. The average molecular weight is 597 g/mol. The van der Waals surface area contributed by atoms with E-state index in [0.29, 0.717) is 76.1 Å². The molecule has 0 aromatic carbocycles. The third-order valence-corrected chi connectivity index (χ3v) is 9.15. The number of halogens is 3. The monoisotopic (exact) mass is 596 g/mol. The Kier molecular flexibility index (Phi) is 8.14. The van der Waals surface area contributed by atoms with Crippen LogP contribution in [-0.4, -0.2) is 73.6 Å². The molecule has 10 nitrogen and oxygen atoms in total. The van der Waals surface area contributed by atoms with Gasteiger partial charge in [-0.05, 0) is 63.6 Å². The highest BCUT2D eigenvalue weighted by molar-refractivity contribution is 5.91. The van der Waals surface area contributed by atoms with E-state index in [0.717, 1.165) is 24.5 Å². The van der Waals surface area contributed by atoms with Gasteiger partial charge in [0.25, 0.3) is 0 Å². The second kappa shape index (κ2) is 11.9. The third kappa shape index (κ3) is 6.24. The van der Waals surface area contributed by atoms with Crippen LogP contribution in [0.2, 0.25) is 0 Å². The average Bonchev–Trinajstić information content (AvgIpc) is 3.52. The van der Waals surface area contributed by atoms with E-state index in [9.17, 15) is 23.1 Å². The highest BCUT2D eigenvalue weighted by Crippen LogP contribution is 2.39. The van der Waals surface area contributed by atoms with Crippen LogP contribution in [-0.2, 0) is 16.6 Å². The second-order valence-electron chi connectivity index (χ2n) is 11.8. The van der Waals surface area contributed by atoms with Gasteiger partial charge in [0, 0.05) is 61.8 Å². The number of hydrogen-bond donors (Lipinski definition) is 3. The number of pyridine rings is 1. The van der Waals surface area contributed by atoms with Crippen LogP contribution in [0, 0.1) is 5.92 Å². The lowest BCUT2D eigenvalue weighted by Crippen LogP contribution is -2.61. The molecule has 0 spiro atoms. The summed E-state index contributed by atoms with van der Waals surface area (Å²) in [6, 6.07) is 6.51. The Morgan fingerprint density at radius 2 is 1.74 bits per heavy atom. The van der Waals surface area contributed by atoms with Crippen molar-refractivity contribution in [2.45, 2.75) is 68.3 Å². The summed E-state index contributed by atoms with van der Waals surface area (Å²) >= 11 is 0. The Morgan fingerprint density at radius 3 is 2.37 bits per heavy atom. The van der Waals surface area contributed by atoms with E-state index in [1.165, 1.54) is 0 Å². The van der Waals surface area contributed by atoms with Gasteiger partial charge in [0.15, 0.2) is 11.6 Å². The number of ketones is 1. The van der Waals surface area contributed by atoms with Crippen LogP contribution in [0.15, 0.2) is 49.2 Å². The first-order chi connectivity index (χ1) is 20.7. The van der Waals surface area contributed by atoms with Gasteiger partial charge in [0.1, 0.15) is 23.5 Å². The van der Waals surface area contributed by atoms with Crippen molar-refractivity contribution in [3.63, 3.8) is 0 Å². The van der Waals surface area contributed by atoms with Gasteiger partial charge in [-0.15, -0.1) is 0 Å². The number of hydrogen-bond acceptors (Lipinski definition) is 10. The van der Waals surface area contributed by atoms with Crippen LogP contribution >= 0.6 is 0 Å². The molecule has 1 saturated carbocycles. The van der Waals surface area contributed by atoms with Gasteiger partial charge >= 0.3 is 6.18 Å². The van der Waals surface area contributed by atoms with Crippen molar-refractivity contribution in [3.8, 4) is 11.5 Å². The lowest BCUT2D eigenvalue weighted by atomic mass is 9.75. The Bertz CT molecular complexity index is 1400. The summed E-state index contributed by atoms with van der Waals surface area (Å²) in [5, 5.41) is 18.5. The van der Waals surface area contributed by atoms with Crippen molar-refractivity contribution >= 4 is 11.6 Å². The minimum atomic E-state index is -4.53. The summed E-state index contributed by atoms with van der Waals surface area (Å²) in [5.41, 5.74) is -1.25. The minimum absolute atomic E-state index is 0.0796. The van der Waals surface area contributed by atoms with Crippen molar-refractivity contribution in [2.24, 2.45) is 5.92 Å². The third-order valence-electron chi connectivity index (χ3n) is 9.15. The molecular weight excluding hydrogens is 561 g/mol. The maximum atomic E-state index is 14.0. The summed E-state index contributed by atoms with van der Waals surface area (Å²) in [7, 11) is 0. The SMILES string of the molecule is O=C(C1CCN(c2cc(C(F)(F)F)ncn2)CC1)[C@]1(NC2CCC(O)(c3ccc(-c4ncccn4)nc3)CC2)CCNC1. The molecule has 2 saturated heterocycles. The van der Waals surface area contributed by atoms with E-state index < -0.39 is 23.0 Å². The molecule has 0 unspecified atom stereocenters. The fourth-order valence-electron chi connectivity index (χ4n) is 6.68. The van der Waals surface area contributed by atoms with Crippen molar-refractivity contribution in [3.05, 3.63) is 60.4 Å².